The first kappa shape index (κ1) is 20.2. The van der Waals surface area contributed by atoms with Gasteiger partial charge >= 0.3 is 12.0 Å². The zero-order valence-corrected chi connectivity index (χ0v) is 16.4. The molecule has 0 atom stereocenters. The van der Waals surface area contributed by atoms with Crippen molar-refractivity contribution in [2.45, 2.75) is 6.92 Å². The number of fused-ring (bicyclic) bond motifs is 1. The van der Waals surface area contributed by atoms with Gasteiger partial charge in [-0.25, -0.2) is 9.59 Å². The first-order valence-corrected chi connectivity index (χ1v) is 9.03. The maximum Gasteiger partial charge on any atom is 0.339 e. The predicted octanol–water partition coefficient (Wildman–Crippen LogP) is 4.53. The largest absolute Gasteiger partial charge is 0.496 e. The number of aromatic carboxylic acids is 1. The van der Waals surface area contributed by atoms with E-state index in [1.165, 1.54) is 19.2 Å². The number of carboxylic acids is 1. The molecule has 0 saturated heterocycles. The van der Waals surface area contributed by atoms with Crippen molar-refractivity contribution < 1.29 is 24.2 Å². The zero-order chi connectivity index (χ0) is 21.0. The lowest BCUT2D eigenvalue weighted by molar-refractivity contribution is 0.0693. The van der Waals surface area contributed by atoms with Crippen molar-refractivity contribution >= 4 is 40.2 Å². The summed E-state index contributed by atoms with van der Waals surface area (Å²) in [4.78, 5) is 27.4. The standard InChI is InChI=1S/C20H18ClN3O5/c1-3-22-20(27)24-15-5-4-11(8-14(15)21)29-17-6-7-23-16-10-18(28-2)13(19(25)26)9-12(16)17/h4-10H,3H2,1-2H3,(H,25,26)(H2,22,24,27). The Labute approximate surface area is 171 Å². The van der Waals surface area contributed by atoms with Gasteiger partial charge in [0.05, 0.1) is 23.3 Å². The third-order valence-electron chi connectivity index (χ3n) is 4.01. The van der Waals surface area contributed by atoms with Crippen LogP contribution in [0.2, 0.25) is 5.02 Å². The monoisotopic (exact) mass is 415 g/mol. The zero-order valence-electron chi connectivity index (χ0n) is 15.7. The van der Waals surface area contributed by atoms with Crippen molar-refractivity contribution in [3.05, 3.63) is 53.2 Å². The third kappa shape index (κ3) is 4.49. The molecule has 0 aliphatic carbocycles. The minimum absolute atomic E-state index is 0.00244. The molecule has 3 rings (SSSR count). The fraction of sp³-hybridized carbons (Fsp3) is 0.150. The number of amides is 2. The van der Waals surface area contributed by atoms with E-state index in [1.54, 1.807) is 30.5 Å². The summed E-state index contributed by atoms with van der Waals surface area (Å²) in [7, 11) is 1.40. The Hall–Kier alpha value is -3.52. The molecule has 29 heavy (non-hydrogen) atoms. The molecule has 2 aromatic carbocycles. The molecule has 3 aromatic rings. The Bertz CT molecular complexity index is 1090. The summed E-state index contributed by atoms with van der Waals surface area (Å²) in [5, 5.41) is 15.5. The number of aromatic nitrogens is 1. The Kier molecular flexibility index (Phi) is 6.04. The minimum Gasteiger partial charge on any atom is -0.496 e. The number of hydrogen-bond donors (Lipinski definition) is 3. The molecule has 0 aliphatic rings. The SMILES string of the molecule is CCNC(=O)Nc1ccc(Oc2ccnc3cc(OC)c(C(=O)O)cc23)cc1Cl. The number of benzene rings is 2. The first-order chi connectivity index (χ1) is 13.9. The van der Waals surface area contributed by atoms with Crippen LogP contribution in [-0.2, 0) is 0 Å². The third-order valence-corrected chi connectivity index (χ3v) is 4.32. The quantitative estimate of drug-likeness (QED) is 0.545. The number of halogens is 1. The van der Waals surface area contributed by atoms with E-state index in [-0.39, 0.29) is 17.3 Å². The van der Waals surface area contributed by atoms with Crippen molar-refractivity contribution in [2.75, 3.05) is 19.0 Å². The van der Waals surface area contributed by atoms with Gasteiger partial charge in [0.2, 0.25) is 0 Å². The molecule has 0 saturated carbocycles. The van der Waals surface area contributed by atoms with Gasteiger partial charge in [-0.05, 0) is 31.2 Å². The molecule has 9 heteroatoms. The smallest absolute Gasteiger partial charge is 0.339 e. The highest BCUT2D eigenvalue weighted by atomic mass is 35.5. The highest BCUT2D eigenvalue weighted by molar-refractivity contribution is 6.33. The van der Waals surface area contributed by atoms with Gasteiger partial charge < -0.3 is 25.2 Å². The van der Waals surface area contributed by atoms with Crippen LogP contribution in [-0.4, -0.2) is 35.7 Å². The molecule has 0 aliphatic heterocycles. The van der Waals surface area contributed by atoms with Crippen LogP contribution in [0, 0.1) is 0 Å². The average Bonchev–Trinajstić information content (AvgIpc) is 2.69. The average molecular weight is 416 g/mol. The number of anilines is 1. The number of carbonyl (C=O) groups is 2. The van der Waals surface area contributed by atoms with E-state index in [4.69, 9.17) is 21.1 Å². The maximum atomic E-state index is 11.6. The molecule has 2 amide bonds. The van der Waals surface area contributed by atoms with Gasteiger partial charge in [0.25, 0.3) is 0 Å². The van der Waals surface area contributed by atoms with E-state index in [2.05, 4.69) is 15.6 Å². The fourth-order valence-electron chi connectivity index (χ4n) is 2.69. The molecule has 3 N–H and O–H groups in total. The Morgan fingerprint density at radius 2 is 1.97 bits per heavy atom. The van der Waals surface area contributed by atoms with Crippen LogP contribution in [0.15, 0.2) is 42.6 Å². The van der Waals surface area contributed by atoms with E-state index in [9.17, 15) is 14.7 Å². The van der Waals surface area contributed by atoms with Crippen LogP contribution in [0.5, 0.6) is 17.2 Å². The van der Waals surface area contributed by atoms with Gasteiger partial charge in [0.15, 0.2) is 0 Å². The van der Waals surface area contributed by atoms with Crippen LogP contribution < -0.4 is 20.1 Å². The lowest BCUT2D eigenvalue weighted by Crippen LogP contribution is -2.28. The van der Waals surface area contributed by atoms with Gasteiger partial charge in [-0.2, -0.15) is 0 Å². The molecule has 0 fully saturated rings. The lowest BCUT2D eigenvalue weighted by Gasteiger charge is -2.13. The fourth-order valence-corrected chi connectivity index (χ4v) is 2.91. The van der Waals surface area contributed by atoms with E-state index < -0.39 is 5.97 Å². The molecule has 8 nitrogen and oxygen atoms in total. The molecular weight excluding hydrogens is 398 g/mol. The van der Waals surface area contributed by atoms with E-state index in [0.717, 1.165) is 0 Å². The number of ether oxygens (including phenoxy) is 2. The van der Waals surface area contributed by atoms with Crippen LogP contribution >= 0.6 is 11.6 Å². The molecule has 1 heterocycles. The second-order valence-electron chi connectivity index (χ2n) is 5.91. The summed E-state index contributed by atoms with van der Waals surface area (Å²) in [6.07, 6.45) is 1.55. The Morgan fingerprint density at radius 1 is 1.17 bits per heavy atom. The normalized spacial score (nSPS) is 10.4. The van der Waals surface area contributed by atoms with Gasteiger partial charge in [0.1, 0.15) is 22.8 Å². The second kappa shape index (κ2) is 8.66. The molecule has 0 radical (unpaired) electrons. The topological polar surface area (TPSA) is 110 Å². The van der Waals surface area contributed by atoms with Crippen LogP contribution in [0.4, 0.5) is 10.5 Å². The van der Waals surface area contributed by atoms with Crippen LogP contribution in [0.25, 0.3) is 10.9 Å². The highest BCUT2D eigenvalue weighted by Gasteiger charge is 2.16. The lowest BCUT2D eigenvalue weighted by atomic mass is 10.1. The van der Waals surface area contributed by atoms with Crippen molar-refractivity contribution in [3.8, 4) is 17.2 Å². The van der Waals surface area contributed by atoms with Crippen LogP contribution in [0.1, 0.15) is 17.3 Å². The van der Waals surface area contributed by atoms with Crippen LogP contribution in [0.3, 0.4) is 0 Å². The number of nitrogens with zero attached hydrogens (tertiary/aromatic N) is 1. The summed E-state index contributed by atoms with van der Waals surface area (Å²) in [6, 6.07) is 9.05. The number of pyridine rings is 1. The van der Waals surface area contributed by atoms with Gasteiger partial charge in [-0.1, -0.05) is 11.6 Å². The molecule has 0 spiro atoms. The second-order valence-corrected chi connectivity index (χ2v) is 6.32. The molecule has 0 unspecified atom stereocenters. The van der Waals surface area contributed by atoms with Crippen molar-refractivity contribution in [1.29, 1.82) is 0 Å². The number of urea groups is 1. The van der Waals surface area contributed by atoms with Gasteiger partial charge in [0, 0.05) is 30.3 Å². The summed E-state index contributed by atoms with van der Waals surface area (Å²) in [5.74, 6) is -0.0989. The number of hydrogen-bond acceptors (Lipinski definition) is 5. The summed E-state index contributed by atoms with van der Waals surface area (Å²) in [6.45, 7) is 2.30. The number of carboxylic acid groups (broad SMARTS) is 1. The maximum absolute atomic E-state index is 11.6. The Morgan fingerprint density at radius 3 is 2.62 bits per heavy atom. The predicted molar refractivity (Wildman–Crippen MR) is 109 cm³/mol. The number of carbonyl (C=O) groups excluding carboxylic acids is 1. The molecule has 1 aromatic heterocycles. The van der Waals surface area contributed by atoms with E-state index in [1.807, 2.05) is 6.92 Å². The van der Waals surface area contributed by atoms with Crippen molar-refractivity contribution in [2.24, 2.45) is 0 Å². The number of nitrogens with one attached hydrogen (secondary N) is 2. The van der Waals surface area contributed by atoms with E-state index in [0.29, 0.717) is 39.7 Å². The number of rotatable bonds is 6. The number of methoxy groups -OCH3 is 1. The van der Waals surface area contributed by atoms with Gasteiger partial charge in [-0.15, -0.1) is 0 Å². The van der Waals surface area contributed by atoms with Gasteiger partial charge in [-0.3, -0.25) is 4.98 Å². The molecule has 0 bridgehead atoms. The first-order valence-electron chi connectivity index (χ1n) is 8.65. The summed E-state index contributed by atoms with van der Waals surface area (Å²) in [5.41, 5.74) is 0.949. The summed E-state index contributed by atoms with van der Waals surface area (Å²) < 4.78 is 11.0. The molecule has 150 valence electrons. The highest BCUT2D eigenvalue weighted by Crippen LogP contribution is 2.35. The minimum atomic E-state index is -1.12. The van der Waals surface area contributed by atoms with Crippen molar-refractivity contribution in [3.63, 3.8) is 0 Å². The Balaban J connectivity index is 1.94. The van der Waals surface area contributed by atoms with E-state index >= 15 is 0 Å². The van der Waals surface area contributed by atoms with Crippen molar-refractivity contribution in [1.82, 2.24) is 10.3 Å². The summed E-state index contributed by atoms with van der Waals surface area (Å²) >= 11 is 6.24. The molecular formula is C20H18ClN3O5.